The second-order valence-electron chi connectivity index (χ2n) is 8.13. The van der Waals surface area contributed by atoms with Crippen LogP contribution >= 0.6 is 0 Å². The van der Waals surface area contributed by atoms with E-state index in [0.717, 1.165) is 22.4 Å². The summed E-state index contributed by atoms with van der Waals surface area (Å²) in [6.07, 6.45) is -1.96. The molecule has 4 atom stereocenters. The van der Waals surface area contributed by atoms with Crippen molar-refractivity contribution in [1.82, 2.24) is 0 Å². The van der Waals surface area contributed by atoms with Crippen LogP contribution in [-0.2, 0) is 34.0 Å². The number of benzene rings is 3. The first-order valence-electron chi connectivity index (χ1n) is 11.6. The molecule has 0 saturated heterocycles. The molecular formula is C29H34O6. The van der Waals surface area contributed by atoms with Crippen LogP contribution in [0.15, 0.2) is 97.6 Å². The second-order valence-corrected chi connectivity index (χ2v) is 8.13. The van der Waals surface area contributed by atoms with Crippen LogP contribution in [-0.4, -0.2) is 48.3 Å². The minimum atomic E-state index is -1.12. The van der Waals surface area contributed by atoms with E-state index < -0.39 is 24.4 Å². The molecule has 0 spiro atoms. The highest BCUT2D eigenvalue weighted by atomic mass is 16.6. The molecule has 0 saturated carbocycles. The largest absolute Gasteiger partial charge is 0.497 e. The third-order valence-corrected chi connectivity index (χ3v) is 5.65. The van der Waals surface area contributed by atoms with E-state index in [4.69, 9.17) is 18.9 Å². The first-order valence-corrected chi connectivity index (χ1v) is 11.6. The summed E-state index contributed by atoms with van der Waals surface area (Å²) in [5.41, 5.74) is 2.82. The quantitative estimate of drug-likeness (QED) is 0.317. The van der Waals surface area contributed by atoms with E-state index in [1.54, 1.807) is 13.2 Å². The second kappa shape index (κ2) is 14.4. The highest BCUT2D eigenvalue weighted by Crippen LogP contribution is 2.20. The molecule has 0 amide bonds. The summed E-state index contributed by atoms with van der Waals surface area (Å²) in [6, 6.07) is 26.8. The Morgan fingerprint density at radius 2 is 1.26 bits per heavy atom. The molecule has 2 unspecified atom stereocenters. The Hall–Kier alpha value is -3.00. The van der Waals surface area contributed by atoms with Gasteiger partial charge >= 0.3 is 0 Å². The number of hydrogen-bond donors (Lipinski definition) is 2. The Bertz CT molecular complexity index is 977. The van der Waals surface area contributed by atoms with Crippen molar-refractivity contribution in [2.75, 3.05) is 13.7 Å². The van der Waals surface area contributed by atoms with E-state index in [-0.39, 0.29) is 19.8 Å². The van der Waals surface area contributed by atoms with Gasteiger partial charge in [0.15, 0.2) is 0 Å². The van der Waals surface area contributed by atoms with Crippen molar-refractivity contribution in [3.63, 3.8) is 0 Å². The zero-order chi connectivity index (χ0) is 24.9. The highest BCUT2D eigenvalue weighted by Gasteiger charge is 2.34. The number of ether oxygens (including phenoxy) is 4. The zero-order valence-electron chi connectivity index (χ0n) is 20.0. The Morgan fingerprint density at radius 1 is 0.743 bits per heavy atom. The molecule has 3 aromatic carbocycles. The topological polar surface area (TPSA) is 77.4 Å². The predicted molar refractivity (Wildman–Crippen MR) is 135 cm³/mol. The van der Waals surface area contributed by atoms with Crippen LogP contribution in [0.3, 0.4) is 0 Å². The molecule has 186 valence electrons. The molecule has 3 rings (SSSR count). The number of methoxy groups -OCH3 is 1. The van der Waals surface area contributed by atoms with Crippen LogP contribution in [0, 0.1) is 0 Å². The minimum Gasteiger partial charge on any atom is -0.497 e. The van der Waals surface area contributed by atoms with E-state index in [9.17, 15) is 10.2 Å². The van der Waals surface area contributed by atoms with E-state index in [1.807, 2.05) is 84.9 Å². The number of aliphatic hydroxyl groups excluding tert-OH is 2. The van der Waals surface area contributed by atoms with E-state index in [2.05, 4.69) is 6.58 Å². The molecule has 0 fully saturated rings. The molecule has 0 aromatic heterocycles. The maximum Gasteiger partial charge on any atom is 0.118 e. The average molecular weight is 479 g/mol. The van der Waals surface area contributed by atoms with Gasteiger partial charge in [-0.3, -0.25) is 0 Å². The van der Waals surface area contributed by atoms with Crippen LogP contribution in [0.2, 0.25) is 0 Å². The van der Waals surface area contributed by atoms with Crippen molar-refractivity contribution in [3.8, 4) is 5.75 Å². The van der Waals surface area contributed by atoms with Gasteiger partial charge in [0.1, 0.15) is 30.2 Å². The van der Waals surface area contributed by atoms with Crippen molar-refractivity contribution >= 4 is 0 Å². The maximum atomic E-state index is 11.3. The van der Waals surface area contributed by atoms with Gasteiger partial charge in [0.25, 0.3) is 0 Å². The van der Waals surface area contributed by atoms with Crippen LogP contribution in [0.4, 0.5) is 0 Å². The smallest absolute Gasteiger partial charge is 0.118 e. The summed E-state index contributed by atoms with van der Waals surface area (Å²) in [7, 11) is 1.61. The normalized spacial score (nSPS) is 14.6. The monoisotopic (exact) mass is 478 g/mol. The lowest BCUT2D eigenvalue weighted by Crippen LogP contribution is -2.48. The number of rotatable bonds is 15. The Balaban J connectivity index is 1.71. The summed E-state index contributed by atoms with van der Waals surface area (Å²) in [4.78, 5) is 0. The Labute approximate surface area is 207 Å². The summed E-state index contributed by atoms with van der Waals surface area (Å²) in [5.74, 6) is 0.747. The van der Waals surface area contributed by atoms with Gasteiger partial charge in [-0.25, -0.2) is 0 Å². The summed E-state index contributed by atoms with van der Waals surface area (Å²) in [6.45, 7) is 4.27. The first kappa shape index (κ1) is 26.6. The summed E-state index contributed by atoms with van der Waals surface area (Å²) < 4.78 is 23.3. The maximum absolute atomic E-state index is 11.3. The van der Waals surface area contributed by atoms with Crippen molar-refractivity contribution < 1.29 is 29.2 Å². The molecule has 0 heterocycles. The molecule has 35 heavy (non-hydrogen) atoms. The summed E-state index contributed by atoms with van der Waals surface area (Å²) >= 11 is 0. The SMILES string of the molecule is C=CC(OCc1ccccc1)[C@@H](O)[C@@H](OCc1ccccc1)C(CO)OCc1ccc(OC)cc1. The summed E-state index contributed by atoms with van der Waals surface area (Å²) in [5, 5.41) is 21.4. The fourth-order valence-electron chi connectivity index (χ4n) is 3.63. The molecule has 0 aliphatic heterocycles. The first-order chi connectivity index (χ1) is 17.1. The fraction of sp³-hybridized carbons (Fsp3) is 0.310. The molecule has 2 N–H and O–H groups in total. The van der Waals surface area contributed by atoms with Crippen LogP contribution < -0.4 is 4.74 Å². The van der Waals surface area contributed by atoms with Gasteiger partial charge in [0.2, 0.25) is 0 Å². The van der Waals surface area contributed by atoms with Crippen LogP contribution in [0.25, 0.3) is 0 Å². The van der Waals surface area contributed by atoms with Crippen molar-refractivity contribution in [3.05, 3.63) is 114 Å². The van der Waals surface area contributed by atoms with E-state index in [1.165, 1.54) is 0 Å². The lowest BCUT2D eigenvalue weighted by atomic mass is 10.0. The lowest BCUT2D eigenvalue weighted by molar-refractivity contribution is -0.169. The van der Waals surface area contributed by atoms with Crippen LogP contribution in [0.1, 0.15) is 16.7 Å². The Morgan fingerprint density at radius 3 is 1.77 bits per heavy atom. The third-order valence-electron chi connectivity index (χ3n) is 5.65. The van der Waals surface area contributed by atoms with Crippen molar-refractivity contribution in [2.24, 2.45) is 0 Å². The number of aliphatic hydroxyl groups is 2. The van der Waals surface area contributed by atoms with Crippen molar-refractivity contribution in [2.45, 2.75) is 44.2 Å². The molecule has 6 heteroatoms. The van der Waals surface area contributed by atoms with E-state index in [0.29, 0.717) is 6.61 Å². The fourth-order valence-corrected chi connectivity index (χ4v) is 3.63. The lowest BCUT2D eigenvalue weighted by Gasteiger charge is -2.33. The third kappa shape index (κ3) is 8.31. The van der Waals surface area contributed by atoms with Crippen molar-refractivity contribution in [1.29, 1.82) is 0 Å². The molecule has 3 aromatic rings. The Kier molecular flexibility index (Phi) is 11.0. The molecule has 0 aliphatic carbocycles. The molecule has 0 bridgehead atoms. The molecular weight excluding hydrogens is 444 g/mol. The van der Waals surface area contributed by atoms with Gasteiger partial charge in [-0.15, -0.1) is 6.58 Å². The standard InChI is InChI=1S/C29H34O6/c1-3-26(33-19-22-10-6-4-7-11-22)28(31)29(35-21-23-12-8-5-9-13-23)27(18-30)34-20-24-14-16-25(32-2)17-15-24/h3-17,26-31H,1,18-21H2,2H3/t26?,27?,28-,29+/m1/s1. The average Bonchev–Trinajstić information content (AvgIpc) is 2.92. The number of hydrogen-bond acceptors (Lipinski definition) is 6. The van der Waals surface area contributed by atoms with Gasteiger partial charge in [-0.1, -0.05) is 78.9 Å². The van der Waals surface area contributed by atoms with Gasteiger partial charge < -0.3 is 29.2 Å². The van der Waals surface area contributed by atoms with Gasteiger partial charge in [-0.2, -0.15) is 0 Å². The van der Waals surface area contributed by atoms with Gasteiger partial charge in [0, 0.05) is 0 Å². The highest BCUT2D eigenvalue weighted by molar-refractivity contribution is 5.26. The predicted octanol–water partition coefficient (Wildman–Crippen LogP) is 4.29. The van der Waals surface area contributed by atoms with E-state index >= 15 is 0 Å². The van der Waals surface area contributed by atoms with Crippen LogP contribution in [0.5, 0.6) is 5.75 Å². The molecule has 0 aliphatic rings. The van der Waals surface area contributed by atoms with Gasteiger partial charge in [-0.05, 0) is 28.8 Å². The molecule has 6 nitrogen and oxygen atoms in total. The van der Waals surface area contributed by atoms with Gasteiger partial charge in [0.05, 0.1) is 33.5 Å². The zero-order valence-corrected chi connectivity index (χ0v) is 20.0. The minimum absolute atomic E-state index is 0.233. The molecule has 0 radical (unpaired) electrons.